The van der Waals surface area contributed by atoms with Crippen molar-refractivity contribution in [3.8, 4) is 5.75 Å². The minimum absolute atomic E-state index is 0.0358. The van der Waals surface area contributed by atoms with Gasteiger partial charge in [0.05, 0.1) is 10.6 Å². The van der Waals surface area contributed by atoms with Gasteiger partial charge in [0.1, 0.15) is 5.75 Å². The average molecular weight is 488 g/mol. The summed E-state index contributed by atoms with van der Waals surface area (Å²) in [5.74, 6) is 0.0419. The molecule has 0 fully saturated rings. The van der Waals surface area contributed by atoms with E-state index in [1.807, 2.05) is 26.0 Å². The van der Waals surface area contributed by atoms with E-state index in [1.165, 1.54) is 12.1 Å². The Hall–Kier alpha value is -2.64. The molecule has 0 aliphatic rings. The molecule has 0 N–H and O–H groups in total. The number of benzene rings is 3. The number of carbonyl (C=O) groups is 1. The highest BCUT2D eigenvalue weighted by Gasteiger charge is 2.31. The Morgan fingerprint density at radius 3 is 2.17 bits per heavy atom. The number of nitrogens with zero attached hydrogens (tertiary/aromatic N) is 1. The molecule has 0 unspecified atom stereocenters. The minimum atomic E-state index is -4.09. The summed E-state index contributed by atoms with van der Waals surface area (Å²) in [6.45, 7) is 3.63. The lowest BCUT2D eigenvalue weighted by molar-refractivity contribution is -0.119. The van der Waals surface area contributed by atoms with Gasteiger partial charge in [0.25, 0.3) is 15.9 Å². The number of halogens is 1. The van der Waals surface area contributed by atoms with Gasteiger partial charge in [-0.3, -0.25) is 4.79 Å². The van der Waals surface area contributed by atoms with Crippen molar-refractivity contribution in [2.75, 3.05) is 10.9 Å². The molecule has 0 spiro atoms. The van der Waals surface area contributed by atoms with Crippen LogP contribution in [0.2, 0.25) is 0 Å². The summed E-state index contributed by atoms with van der Waals surface area (Å²) in [4.78, 5) is 13.1. The average Bonchev–Trinajstić information content (AvgIpc) is 2.74. The van der Waals surface area contributed by atoms with Crippen molar-refractivity contribution in [1.29, 1.82) is 0 Å². The highest BCUT2D eigenvalue weighted by Crippen LogP contribution is 2.30. The van der Waals surface area contributed by atoms with Crippen LogP contribution < -0.4 is 9.04 Å². The van der Waals surface area contributed by atoms with E-state index in [1.54, 1.807) is 54.6 Å². The molecule has 0 aliphatic carbocycles. The molecule has 30 heavy (non-hydrogen) atoms. The van der Waals surface area contributed by atoms with Gasteiger partial charge in [0.15, 0.2) is 6.61 Å². The van der Waals surface area contributed by atoms with Gasteiger partial charge in [-0.1, -0.05) is 66.2 Å². The lowest BCUT2D eigenvalue weighted by atomic mass is 10.0. The van der Waals surface area contributed by atoms with Crippen LogP contribution in [0.3, 0.4) is 0 Å². The molecule has 1 amide bonds. The molecule has 0 aliphatic heterocycles. The topological polar surface area (TPSA) is 63.7 Å². The number of para-hydroxylation sites is 1. The SMILES string of the molecule is CC(C)c1cc(Br)ccc1OCC(=O)N(c1ccccc1)S(=O)(=O)c1ccccc1. The number of sulfonamides is 1. The Morgan fingerprint density at radius 2 is 1.57 bits per heavy atom. The van der Waals surface area contributed by atoms with Crippen molar-refractivity contribution in [3.63, 3.8) is 0 Å². The Balaban J connectivity index is 1.93. The summed E-state index contributed by atoms with van der Waals surface area (Å²) in [5, 5.41) is 0. The first-order valence-electron chi connectivity index (χ1n) is 9.41. The van der Waals surface area contributed by atoms with Gasteiger partial charge >= 0.3 is 0 Å². The maximum atomic E-state index is 13.2. The van der Waals surface area contributed by atoms with Crippen LogP contribution in [0.25, 0.3) is 0 Å². The smallest absolute Gasteiger partial charge is 0.278 e. The van der Waals surface area contributed by atoms with E-state index in [2.05, 4.69) is 15.9 Å². The molecule has 0 radical (unpaired) electrons. The van der Waals surface area contributed by atoms with Gasteiger partial charge in [-0.2, -0.15) is 4.31 Å². The van der Waals surface area contributed by atoms with Crippen LogP contribution in [-0.2, 0) is 14.8 Å². The van der Waals surface area contributed by atoms with Crippen LogP contribution in [0.15, 0.2) is 88.2 Å². The number of anilines is 1. The molecule has 3 aromatic rings. The van der Waals surface area contributed by atoms with Crippen LogP contribution in [0.4, 0.5) is 5.69 Å². The number of carbonyl (C=O) groups excluding carboxylic acids is 1. The Bertz CT molecular complexity index is 1120. The van der Waals surface area contributed by atoms with E-state index in [0.717, 1.165) is 14.3 Å². The van der Waals surface area contributed by atoms with E-state index in [-0.39, 0.29) is 16.5 Å². The fourth-order valence-electron chi connectivity index (χ4n) is 2.98. The zero-order valence-corrected chi connectivity index (χ0v) is 19.1. The summed E-state index contributed by atoms with van der Waals surface area (Å²) in [7, 11) is -4.09. The van der Waals surface area contributed by atoms with Crippen molar-refractivity contribution in [1.82, 2.24) is 0 Å². The third kappa shape index (κ3) is 4.91. The first-order valence-corrected chi connectivity index (χ1v) is 11.6. The maximum absolute atomic E-state index is 13.2. The first kappa shape index (κ1) is 22.1. The molecule has 0 saturated heterocycles. The maximum Gasteiger partial charge on any atom is 0.278 e. The van der Waals surface area contributed by atoms with E-state index >= 15 is 0 Å². The van der Waals surface area contributed by atoms with Gasteiger partial charge in [-0.05, 0) is 53.9 Å². The summed E-state index contributed by atoms with van der Waals surface area (Å²) in [6.07, 6.45) is 0. The van der Waals surface area contributed by atoms with Crippen LogP contribution in [0.5, 0.6) is 5.75 Å². The van der Waals surface area contributed by atoms with Crippen molar-refractivity contribution < 1.29 is 17.9 Å². The molecule has 156 valence electrons. The zero-order valence-electron chi connectivity index (χ0n) is 16.7. The normalized spacial score (nSPS) is 11.3. The van der Waals surface area contributed by atoms with Gasteiger partial charge in [0.2, 0.25) is 0 Å². The molecule has 0 atom stereocenters. The summed E-state index contributed by atoms with van der Waals surface area (Å²) >= 11 is 3.44. The lowest BCUT2D eigenvalue weighted by Gasteiger charge is -2.23. The molecule has 5 nitrogen and oxygen atoms in total. The minimum Gasteiger partial charge on any atom is -0.483 e. The molecule has 7 heteroatoms. The Kier molecular flexibility index (Phi) is 6.95. The van der Waals surface area contributed by atoms with Crippen molar-refractivity contribution >= 4 is 37.5 Å². The van der Waals surface area contributed by atoms with Crippen LogP contribution in [0, 0.1) is 0 Å². The summed E-state index contributed by atoms with van der Waals surface area (Å²) in [6, 6.07) is 21.7. The predicted molar refractivity (Wildman–Crippen MR) is 121 cm³/mol. The van der Waals surface area contributed by atoms with Gasteiger partial charge in [-0.15, -0.1) is 0 Å². The zero-order chi connectivity index (χ0) is 21.7. The highest BCUT2D eigenvalue weighted by atomic mass is 79.9. The second-order valence-electron chi connectivity index (χ2n) is 6.94. The number of rotatable bonds is 7. The van der Waals surface area contributed by atoms with E-state index in [0.29, 0.717) is 5.75 Å². The molecule has 0 saturated carbocycles. The number of hydrogen-bond acceptors (Lipinski definition) is 4. The Morgan fingerprint density at radius 1 is 0.967 bits per heavy atom. The van der Waals surface area contributed by atoms with Crippen LogP contribution >= 0.6 is 15.9 Å². The number of ether oxygens (including phenoxy) is 1. The molecule has 0 bridgehead atoms. The first-order chi connectivity index (χ1) is 14.3. The predicted octanol–water partition coefficient (Wildman–Crippen LogP) is 5.37. The molecule has 3 aromatic carbocycles. The number of hydrogen-bond donors (Lipinski definition) is 0. The molecular weight excluding hydrogens is 466 g/mol. The Labute approximate surface area is 185 Å². The number of amides is 1. The second-order valence-corrected chi connectivity index (χ2v) is 9.64. The van der Waals surface area contributed by atoms with E-state index < -0.39 is 22.5 Å². The quantitative estimate of drug-likeness (QED) is 0.449. The fourth-order valence-corrected chi connectivity index (χ4v) is 4.79. The standard InChI is InChI=1S/C23H22BrNO4S/c1-17(2)21-15-18(24)13-14-22(21)29-16-23(26)25(19-9-5-3-6-10-19)30(27,28)20-11-7-4-8-12-20/h3-15,17H,16H2,1-2H3. The summed E-state index contributed by atoms with van der Waals surface area (Å²) in [5.41, 5.74) is 1.18. The van der Waals surface area contributed by atoms with Crippen molar-refractivity contribution in [2.24, 2.45) is 0 Å². The van der Waals surface area contributed by atoms with Gasteiger partial charge in [0, 0.05) is 4.47 Å². The van der Waals surface area contributed by atoms with E-state index in [4.69, 9.17) is 4.74 Å². The van der Waals surface area contributed by atoms with Gasteiger partial charge < -0.3 is 4.74 Å². The van der Waals surface area contributed by atoms with Crippen LogP contribution in [-0.4, -0.2) is 20.9 Å². The highest BCUT2D eigenvalue weighted by molar-refractivity contribution is 9.10. The monoisotopic (exact) mass is 487 g/mol. The summed E-state index contributed by atoms with van der Waals surface area (Å²) < 4.78 is 34.0. The molecule has 0 heterocycles. The third-order valence-electron chi connectivity index (χ3n) is 4.44. The molecular formula is C23H22BrNO4S. The van der Waals surface area contributed by atoms with E-state index in [9.17, 15) is 13.2 Å². The van der Waals surface area contributed by atoms with Crippen LogP contribution in [0.1, 0.15) is 25.3 Å². The second kappa shape index (κ2) is 9.45. The lowest BCUT2D eigenvalue weighted by Crippen LogP contribution is -2.40. The van der Waals surface area contributed by atoms with Crippen molar-refractivity contribution in [3.05, 3.63) is 88.9 Å². The third-order valence-corrected chi connectivity index (χ3v) is 6.70. The fraction of sp³-hybridized carbons (Fsp3) is 0.174. The molecule has 0 aromatic heterocycles. The molecule has 3 rings (SSSR count). The largest absolute Gasteiger partial charge is 0.483 e. The van der Waals surface area contributed by atoms with Gasteiger partial charge in [-0.25, -0.2) is 8.42 Å². The van der Waals surface area contributed by atoms with Crippen molar-refractivity contribution in [2.45, 2.75) is 24.7 Å².